The maximum Gasteiger partial charge on any atom is 0.407 e. The molecule has 2 aliphatic heterocycles. The van der Waals surface area contributed by atoms with Crippen molar-refractivity contribution in [2.45, 2.75) is 31.9 Å². The lowest BCUT2D eigenvalue weighted by Crippen LogP contribution is -2.51. The van der Waals surface area contributed by atoms with E-state index in [4.69, 9.17) is 16.3 Å². The van der Waals surface area contributed by atoms with Crippen LogP contribution >= 0.6 is 11.6 Å². The van der Waals surface area contributed by atoms with Crippen LogP contribution in [0.4, 0.5) is 10.5 Å². The number of nitrogens with zero attached hydrogens (tertiary/aromatic N) is 4. The van der Waals surface area contributed by atoms with Gasteiger partial charge in [0.15, 0.2) is 5.65 Å². The minimum atomic E-state index is -0.868. The number of morpholine rings is 1. The van der Waals surface area contributed by atoms with E-state index in [1.165, 1.54) is 4.90 Å². The largest absolute Gasteiger partial charge is 0.465 e. The van der Waals surface area contributed by atoms with E-state index in [-0.39, 0.29) is 6.10 Å². The first-order valence-corrected chi connectivity index (χ1v) is 10.7. The molecule has 2 aromatic heterocycles. The van der Waals surface area contributed by atoms with E-state index in [0.717, 1.165) is 55.1 Å². The lowest BCUT2D eigenvalue weighted by atomic mass is 10.0. The van der Waals surface area contributed by atoms with Gasteiger partial charge in [0, 0.05) is 38.4 Å². The number of allylic oxidation sites excluding steroid dienone is 1. The fourth-order valence-electron chi connectivity index (χ4n) is 4.25. The van der Waals surface area contributed by atoms with Crippen LogP contribution < -0.4 is 5.32 Å². The predicted octanol–water partition coefficient (Wildman–Crippen LogP) is 3.28. The number of hydrogen-bond donors (Lipinski definition) is 2. The first-order chi connectivity index (χ1) is 14.4. The fourth-order valence-corrected chi connectivity index (χ4v) is 4.45. The molecule has 0 unspecified atom stereocenters. The van der Waals surface area contributed by atoms with Gasteiger partial charge in [-0.25, -0.2) is 9.78 Å². The van der Waals surface area contributed by atoms with Crippen LogP contribution in [0.1, 0.15) is 25.5 Å². The molecule has 8 nitrogen and oxygen atoms in total. The summed E-state index contributed by atoms with van der Waals surface area (Å²) < 4.78 is 7.75. The molecule has 2 aromatic rings. The van der Waals surface area contributed by atoms with Crippen LogP contribution in [0.25, 0.3) is 11.2 Å². The lowest BCUT2D eigenvalue weighted by Gasteiger charge is -2.37. The van der Waals surface area contributed by atoms with Crippen molar-refractivity contribution < 1.29 is 14.6 Å². The van der Waals surface area contributed by atoms with Gasteiger partial charge >= 0.3 is 6.09 Å². The second-order valence-corrected chi connectivity index (χ2v) is 8.57. The zero-order valence-electron chi connectivity index (χ0n) is 17.2. The van der Waals surface area contributed by atoms with E-state index in [9.17, 15) is 9.90 Å². The summed E-state index contributed by atoms with van der Waals surface area (Å²) in [5, 5.41) is 13.5. The quantitative estimate of drug-likeness (QED) is 0.753. The Kier molecular flexibility index (Phi) is 6.17. The Balaban J connectivity index is 1.35. The van der Waals surface area contributed by atoms with Gasteiger partial charge in [-0.3, -0.25) is 4.40 Å². The third-order valence-electron chi connectivity index (χ3n) is 5.83. The molecule has 1 amide bonds. The van der Waals surface area contributed by atoms with Gasteiger partial charge in [0.1, 0.15) is 0 Å². The molecule has 0 radical (unpaired) electrons. The molecule has 2 saturated heterocycles. The SMILES string of the molecule is C=C(C)c1cnc2c(NC3CCN(C[C@@H]4CN(C(=O)O)CCO4)CC3)cc(Cl)cn12. The summed E-state index contributed by atoms with van der Waals surface area (Å²) in [6, 6.07) is 2.26. The number of amides is 1. The molecule has 4 heterocycles. The van der Waals surface area contributed by atoms with Crippen LogP contribution in [-0.2, 0) is 4.74 Å². The number of halogens is 1. The van der Waals surface area contributed by atoms with Gasteiger partial charge in [0.2, 0.25) is 0 Å². The molecule has 0 bridgehead atoms. The summed E-state index contributed by atoms with van der Waals surface area (Å²) in [7, 11) is 0. The first-order valence-electron chi connectivity index (χ1n) is 10.3. The summed E-state index contributed by atoms with van der Waals surface area (Å²) in [6.07, 6.45) is 4.74. The number of anilines is 1. The molecular weight excluding hydrogens is 406 g/mol. The molecule has 2 aliphatic rings. The van der Waals surface area contributed by atoms with E-state index in [1.54, 1.807) is 0 Å². The molecule has 0 saturated carbocycles. The zero-order chi connectivity index (χ0) is 21.3. The monoisotopic (exact) mass is 433 g/mol. The van der Waals surface area contributed by atoms with Gasteiger partial charge in [-0.15, -0.1) is 0 Å². The van der Waals surface area contributed by atoms with Gasteiger partial charge in [-0.2, -0.15) is 0 Å². The van der Waals surface area contributed by atoms with E-state index < -0.39 is 6.09 Å². The van der Waals surface area contributed by atoms with Crippen LogP contribution in [0.15, 0.2) is 25.0 Å². The van der Waals surface area contributed by atoms with Crippen LogP contribution in [0.3, 0.4) is 0 Å². The van der Waals surface area contributed by atoms with Crippen molar-refractivity contribution in [1.82, 2.24) is 19.2 Å². The average molecular weight is 434 g/mol. The number of fused-ring (bicyclic) bond motifs is 1. The summed E-state index contributed by atoms with van der Waals surface area (Å²) in [5.41, 5.74) is 3.68. The van der Waals surface area contributed by atoms with E-state index in [2.05, 4.69) is 21.8 Å². The number of hydrogen-bond acceptors (Lipinski definition) is 5. The average Bonchev–Trinajstić information content (AvgIpc) is 3.14. The summed E-state index contributed by atoms with van der Waals surface area (Å²) in [6.45, 7) is 9.98. The molecule has 30 heavy (non-hydrogen) atoms. The van der Waals surface area contributed by atoms with Crippen molar-refractivity contribution in [3.63, 3.8) is 0 Å². The van der Waals surface area contributed by atoms with Crippen LogP contribution in [0.5, 0.6) is 0 Å². The van der Waals surface area contributed by atoms with E-state index >= 15 is 0 Å². The van der Waals surface area contributed by atoms with Crippen LogP contribution in [-0.4, -0.2) is 81.9 Å². The van der Waals surface area contributed by atoms with Crippen molar-refractivity contribution in [3.05, 3.63) is 35.8 Å². The van der Waals surface area contributed by atoms with Crippen molar-refractivity contribution >= 4 is 34.6 Å². The summed E-state index contributed by atoms with van der Waals surface area (Å²) >= 11 is 6.35. The number of pyridine rings is 1. The molecule has 1 atom stereocenters. The Hall–Kier alpha value is -2.29. The number of nitrogens with one attached hydrogen (secondary N) is 1. The minimum absolute atomic E-state index is 0.0580. The molecule has 2 fully saturated rings. The second kappa shape index (κ2) is 8.83. The molecular formula is C21H28ClN5O3. The van der Waals surface area contributed by atoms with Gasteiger partial charge < -0.3 is 25.0 Å². The van der Waals surface area contributed by atoms with Crippen LogP contribution in [0.2, 0.25) is 5.02 Å². The summed E-state index contributed by atoms with van der Waals surface area (Å²) in [4.78, 5) is 19.6. The van der Waals surface area contributed by atoms with Crippen molar-refractivity contribution in [2.24, 2.45) is 0 Å². The number of imidazole rings is 1. The normalized spacial score (nSPS) is 21.1. The number of piperidine rings is 1. The zero-order valence-corrected chi connectivity index (χ0v) is 17.9. The molecule has 0 aliphatic carbocycles. The maximum absolute atomic E-state index is 11.2. The Bertz CT molecular complexity index is 938. The Morgan fingerprint density at radius 3 is 2.87 bits per heavy atom. The number of aromatic nitrogens is 2. The topological polar surface area (TPSA) is 82.3 Å². The van der Waals surface area contributed by atoms with Gasteiger partial charge in [0.25, 0.3) is 0 Å². The smallest absolute Gasteiger partial charge is 0.407 e. The number of ether oxygens (including phenoxy) is 1. The second-order valence-electron chi connectivity index (χ2n) is 8.13. The number of likely N-dealkylation sites (tertiary alicyclic amines) is 1. The Morgan fingerprint density at radius 2 is 2.17 bits per heavy atom. The number of carboxylic acid groups (broad SMARTS) is 1. The lowest BCUT2D eigenvalue weighted by molar-refractivity contribution is -0.0389. The van der Waals surface area contributed by atoms with Crippen molar-refractivity contribution in [1.29, 1.82) is 0 Å². The van der Waals surface area contributed by atoms with Crippen molar-refractivity contribution in [3.8, 4) is 0 Å². The molecule has 4 rings (SSSR count). The molecule has 0 aromatic carbocycles. The first kappa shape index (κ1) is 21.0. The third kappa shape index (κ3) is 4.55. The highest BCUT2D eigenvalue weighted by Crippen LogP contribution is 2.27. The van der Waals surface area contributed by atoms with E-state index in [0.29, 0.717) is 30.8 Å². The highest BCUT2D eigenvalue weighted by Gasteiger charge is 2.27. The van der Waals surface area contributed by atoms with Gasteiger partial charge in [0.05, 0.1) is 41.9 Å². The standard InChI is InChI=1S/C21H28ClN5O3/c1-14(2)19-10-23-20-18(9-15(22)11-27(19)20)24-16-3-5-25(6-4-16)12-17-13-26(21(28)29)7-8-30-17/h9-11,16-17,24H,1,3-8,12-13H2,2H3,(H,28,29)/t17-/m1/s1. The Morgan fingerprint density at radius 1 is 1.40 bits per heavy atom. The highest BCUT2D eigenvalue weighted by atomic mass is 35.5. The minimum Gasteiger partial charge on any atom is -0.465 e. The van der Waals surface area contributed by atoms with Gasteiger partial charge in [-0.05, 0) is 31.4 Å². The van der Waals surface area contributed by atoms with Gasteiger partial charge in [-0.1, -0.05) is 18.2 Å². The third-order valence-corrected chi connectivity index (χ3v) is 6.03. The number of rotatable bonds is 5. The molecule has 0 spiro atoms. The van der Waals surface area contributed by atoms with E-state index in [1.807, 2.05) is 29.8 Å². The van der Waals surface area contributed by atoms with Crippen LogP contribution in [0, 0.1) is 0 Å². The molecule has 162 valence electrons. The molecule has 9 heteroatoms. The number of carbonyl (C=O) groups is 1. The highest BCUT2D eigenvalue weighted by molar-refractivity contribution is 6.30. The maximum atomic E-state index is 11.2. The fraction of sp³-hybridized carbons (Fsp3) is 0.524. The van der Waals surface area contributed by atoms with Crippen molar-refractivity contribution in [2.75, 3.05) is 44.6 Å². The Labute approximate surface area is 181 Å². The predicted molar refractivity (Wildman–Crippen MR) is 117 cm³/mol. The summed E-state index contributed by atoms with van der Waals surface area (Å²) in [5.74, 6) is 0. The molecule has 2 N–H and O–H groups in total.